The molecule has 0 saturated heterocycles. The predicted molar refractivity (Wildman–Crippen MR) is 107 cm³/mol. The van der Waals surface area contributed by atoms with Crippen molar-refractivity contribution in [3.63, 3.8) is 0 Å². The fraction of sp³-hybridized carbons (Fsp3) is 0.350. The van der Waals surface area contributed by atoms with Crippen LogP contribution < -0.4 is 0 Å². The minimum atomic E-state index is -0.433. The minimum Gasteiger partial charge on any atom is -0.423 e. The van der Waals surface area contributed by atoms with Crippen LogP contribution in [0.1, 0.15) is 44.1 Å². The number of nitrogens with zero attached hydrogens (tertiary/aromatic N) is 3. The van der Waals surface area contributed by atoms with Crippen molar-refractivity contribution in [1.29, 1.82) is 5.26 Å². The van der Waals surface area contributed by atoms with Gasteiger partial charge in [0.1, 0.15) is 17.3 Å². The Kier molecular flexibility index (Phi) is 7.06. The van der Waals surface area contributed by atoms with Crippen LogP contribution in [-0.4, -0.2) is 15.7 Å². The molecule has 0 spiro atoms. The van der Waals surface area contributed by atoms with Crippen molar-refractivity contribution in [2.24, 2.45) is 13.0 Å². The standard InChI is InChI=1S/C20H21Cl2N3O2/c1-5-16-18(22)19(25(4)24-16)20(27-17(26)10-12(2)3)15(11-23)13-6-8-14(21)9-7-13/h6-9,12H,5,10H2,1-4H3. The predicted octanol–water partition coefficient (Wildman–Crippen LogP) is 5.27. The van der Waals surface area contributed by atoms with Crippen LogP contribution in [0.4, 0.5) is 0 Å². The van der Waals surface area contributed by atoms with Crippen LogP contribution >= 0.6 is 23.2 Å². The summed E-state index contributed by atoms with van der Waals surface area (Å²) in [6, 6.07) is 8.87. The van der Waals surface area contributed by atoms with Crippen molar-refractivity contribution in [3.8, 4) is 6.07 Å². The van der Waals surface area contributed by atoms with E-state index in [1.165, 1.54) is 4.68 Å². The Hall–Kier alpha value is -2.29. The van der Waals surface area contributed by atoms with Crippen molar-refractivity contribution in [3.05, 3.63) is 51.3 Å². The second-order valence-corrected chi connectivity index (χ2v) is 7.30. The normalized spacial score (nSPS) is 11.9. The lowest BCUT2D eigenvalue weighted by Crippen LogP contribution is -2.11. The number of benzene rings is 1. The summed E-state index contributed by atoms with van der Waals surface area (Å²) in [5.41, 5.74) is 1.83. The smallest absolute Gasteiger partial charge is 0.311 e. The molecule has 0 saturated carbocycles. The highest BCUT2D eigenvalue weighted by Crippen LogP contribution is 2.34. The third-order valence-electron chi connectivity index (χ3n) is 3.87. The number of esters is 1. The van der Waals surface area contributed by atoms with E-state index in [1.54, 1.807) is 31.3 Å². The first-order valence-electron chi connectivity index (χ1n) is 8.61. The molecule has 27 heavy (non-hydrogen) atoms. The number of hydrogen-bond acceptors (Lipinski definition) is 4. The Labute approximate surface area is 169 Å². The van der Waals surface area contributed by atoms with E-state index < -0.39 is 5.97 Å². The van der Waals surface area contributed by atoms with E-state index in [-0.39, 0.29) is 23.7 Å². The largest absolute Gasteiger partial charge is 0.423 e. The Morgan fingerprint density at radius 1 is 1.30 bits per heavy atom. The van der Waals surface area contributed by atoms with E-state index in [1.807, 2.05) is 20.8 Å². The maximum absolute atomic E-state index is 12.4. The van der Waals surface area contributed by atoms with E-state index in [0.29, 0.717) is 33.4 Å². The number of carbonyl (C=O) groups is 1. The third-order valence-corrected chi connectivity index (χ3v) is 4.52. The number of aryl methyl sites for hydroxylation is 2. The van der Waals surface area contributed by atoms with Gasteiger partial charge in [0.2, 0.25) is 0 Å². The first-order chi connectivity index (χ1) is 12.8. The third kappa shape index (κ3) is 4.91. The molecular formula is C20H21Cl2N3O2. The molecule has 0 amide bonds. The lowest BCUT2D eigenvalue weighted by Gasteiger charge is -2.14. The zero-order chi connectivity index (χ0) is 20.1. The van der Waals surface area contributed by atoms with Crippen LogP contribution in [0.2, 0.25) is 10.0 Å². The summed E-state index contributed by atoms with van der Waals surface area (Å²) in [5.74, 6) is -0.213. The van der Waals surface area contributed by atoms with E-state index in [0.717, 1.165) is 0 Å². The van der Waals surface area contributed by atoms with Gasteiger partial charge >= 0.3 is 5.97 Å². The van der Waals surface area contributed by atoms with E-state index in [2.05, 4.69) is 11.2 Å². The van der Waals surface area contributed by atoms with Crippen LogP contribution in [0.3, 0.4) is 0 Å². The van der Waals surface area contributed by atoms with Crippen molar-refractivity contribution in [2.45, 2.75) is 33.6 Å². The van der Waals surface area contributed by atoms with Gasteiger partial charge in [0, 0.05) is 18.5 Å². The molecule has 1 aromatic carbocycles. The number of nitriles is 1. The quantitative estimate of drug-likeness (QED) is 0.372. The summed E-state index contributed by atoms with van der Waals surface area (Å²) in [5, 5.41) is 15.1. The highest BCUT2D eigenvalue weighted by molar-refractivity contribution is 6.33. The highest BCUT2D eigenvalue weighted by atomic mass is 35.5. The molecule has 0 N–H and O–H groups in total. The molecule has 142 valence electrons. The van der Waals surface area contributed by atoms with Crippen molar-refractivity contribution in [1.82, 2.24) is 9.78 Å². The van der Waals surface area contributed by atoms with E-state index >= 15 is 0 Å². The minimum absolute atomic E-state index is 0.102. The molecule has 0 unspecified atom stereocenters. The number of rotatable bonds is 6. The van der Waals surface area contributed by atoms with Gasteiger partial charge in [0.25, 0.3) is 0 Å². The van der Waals surface area contributed by atoms with Gasteiger partial charge in [0.05, 0.1) is 10.7 Å². The van der Waals surface area contributed by atoms with Gasteiger partial charge in [-0.3, -0.25) is 9.48 Å². The first kappa shape index (κ1) is 21.0. The van der Waals surface area contributed by atoms with Crippen molar-refractivity contribution >= 4 is 40.5 Å². The molecule has 2 rings (SSSR count). The highest BCUT2D eigenvalue weighted by Gasteiger charge is 2.25. The molecule has 2 aromatic rings. The van der Waals surface area contributed by atoms with Crippen molar-refractivity contribution < 1.29 is 9.53 Å². The van der Waals surface area contributed by atoms with Gasteiger partial charge in [0.15, 0.2) is 5.76 Å². The van der Waals surface area contributed by atoms with Crippen LogP contribution in [0.25, 0.3) is 11.3 Å². The van der Waals surface area contributed by atoms with Gasteiger partial charge in [-0.1, -0.05) is 56.1 Å². The summed E-state index contributed by atoms with van der Waals surface area (Å²) in [6.45, 7) is 5.76. The average Bonchev–Trinajstić information content (AvgIpc) is 2.89. The molecule has 0 atom stereocenters. The monoisotopic (exact) mass is 405 g/mol. The first-order valence-corrected chi connectivity index (χ1v) is 9.36. The molecular weight excluding hydrogens is 385 g/mol. The van der Waals surface area contributed by atoms with Crippen molar-refractivity contribution in [2.75, 3.05) is 0 Å². The Bertz CT molecular complexity index is 907. The number of allylic oxidation sites excluding steroid dienone is 1. The number of aromatic nitrogens is 2. The fourth-order valence-corrected chi connectivity index (χ4v) is 3.10. The number of hydrogen-bond donors (Lipinski definition) is 0. The Morgan fingerprint density at radius 3 is 2.41 bits per heavy atom. The summed E-state index contributed by atoms with van der Waals surface area (Å²) >= 11 is 12.4. The average molecular weight is 406 g/mol. The molecule has 0 aliphatic carbocycles. The van der Waals surface area contributed by atoms with Crippen LogP contribution in [0.5, 0.6) is 0 Å². The Balaban J connectivity index is 2.69. The molecule has 1 heterocycles. The molecule has 0 aliphatic rings. The van der Waals surface area contributed by atoms with E-state index in [9.17, 15) is 10.1 Å². The SMILES string of the molecule is CCc1nn(C)c(C(OC(=O)CC(C)C)=C(C#N)c2ccc(Cl)cc2)c1Cl. The van der Waals surface area contributed by atoms with Crippen LogP contribution in [0.15, 0.2) is 24.3 Å². The zero-order valence-corrected chi connectivity index (χ0v) is 17.2. The maximum Gasteiger partial charge on any atom is 0.311 e. The van der Waals surface area contributed by atoms with Gasteiger partial charge in [-0.25, -0.2) is 0 Å². The maximum atomic E-state index is 12.4. The topological polar surface area (TPSA) is 67.9 Å². The molecule has 0 radical (unpaired) electrons. The summed E-state index contributed by atoms with van der Waals surface area (Å²) in [4.78, 5) is 12.4. The number of carbonyl (C=O) groups excluding carboxylic acids is 1. The lowest BCUT2D eigenvalue weighted by molar-refractivity contribution is -0.137. The van der Waals surface area contributed by atoms with Gasteiger partial charge in [-0.2, -0.15) is 10.4 Å². The molecule has 7 heteroatoms. The van der Waals surface area contributed by atoms with Gasteiger partial charge in [-0.05, 0) is 30.0 Å². The van der Waals surface area contributed by atoms with E-state index in [4.69, 9.17) is 27.9 Å². The number of halogens is 2. The summed E-state index contributed by atoms with van der Waals surface area (Å²) in [6.07, 6.45) is 0.835. The molecule has 1 aromatic heterocycles. The van der Waals surface area contributed by atoms with Gasteiger partial charge < -0.3 is 4.74 Å². The summed E-state index contributed by atoms with van der Waals surface area (Å²) in [7, 11) is 1.70. The molecule has 0 aliphatic heterocycles. The van der Waals surface area contributed by atoms with Crippen LogP contribution in [0, 0.1) is 17.2 Å². The molecule has 0 fully saturated rings. The zero-order valence-electron chi connectivity index (χ0n) is 15.7. The second kappa shape index (κ2) is 9.07. The second-order valence-electron chi connectivity index (χ2n) is 6.48. The molecule has 5 nitrogen and oxygen atoms in total. The molecule has 0 bridgehead atoms. The Morgan fingerprint density at radius 2 is 1.93 bits per heavy atom. The summed E-state index contributed by atoms with van der Waals surface area (Å²) < 4.78 is 7.18. The van der Waals surface area contributed by atoms with Gasteiger partial charge in [-0.15, -0.1) is 0 Å². The van der Waals surface area contributed by atoms with Crippen LogP contribution in [-0.2, 0) is 23.0 Å². The lowest BCUT2D eigenvalue weighted by atomic mass is 10.0. The fourth-order valence-electron chi connectivity index (χ4n) is 2.60. The number of ether oxygens (including phenoxy) is 1.